The Morgan fingerprint density at radius 2 is 2.07 bits per heavy atom. The molecule has 1 saturated carbocycles. The molecule has 1 fully saturated rings. The van der Waals surface area contributed by atoms with Crippen molar-refractivity contribution in [1.29, 1.82) is 0 Å². The number of benzene rings is 1. The molecule has 80 valence electrons. The zero-order chi connectivity index (χ0) is 10.8. The van der Waals surface area contributed by atoms with Crippen LogP contribution in [-0.4, -0.2) is 20.2 Å². The molecule has 0 bridgehead atoms. The van der Waals surface area contributed by atoms with Crippen molar-refractivity contribution in [3.8, 4) is 5.75 Å². The lowest BCUT2D eigenvalue weighted by atomic mass is 10.0. The SMILES string of the molecule is COC(=O)c1cc(OC)ccc1C1CC1. The number of esters is 1. The van der Waals surface area contributed by atoms with Crippen LogP contribution >= 0.6 is 0 Å². The molecule has 1 aromatic carbocycles. The van der Waals surface area contributed by atoms with Crippen LogP contribution in [0.2, 0.25) is 0 Å². The van der Waals surface area contributed by atoms with E-state index in [0.29, 0.717) is 17.2 Å². The highest BCUT2D eigenvalue weighted by molar-refractivity contribution is 5.91. The van der Waals surface area contributed by atoms with Gasteiger partial charge < -0.3 is 9.47 Å². The van der Waals surface area contributed by atoms with Gasteiger partial charge in [-0.3, -0.25) is 0 Å². The number of ether oxygens (including phenoxy) is 2. The van der Waals surface area contributed by atoms with Gasteiger partial charge in [0.2, 0.25) is 0 Å². The van der Waals surface area contributed by atoms with Gasteiger partial charge in [0.05, 0.1) is 19.8 Å². The third-order valence-corrected chi connectivity index (χ3v) is 2.68. The normalized spacial score (nSPS) is 14.8. The summed E-state index contributed by atoms with van der Waals surface area (Å²) in [6.45, 7) is 0. The Kier molecular flexibility index (Phi) is 2.62. The highest BCUT2D eigenvalue weighted by Crippen LogP contribution is 2.42. The lowest BCUT2D eigenvalue weighted by molar-refractivity contribution is 0.0599. The van der Waals surface area contributed by atoms with E-state index in [1.54, 1.807) is 13.2 Å². The van der Waals surface area contributed by atoms with Gasteiger partial charge in [-0.15, -0.1) is 0 Å². The maximum Gasteiger partial charge on any atom is 0.338 e. The summed E-state index contributed by atoms with van der Waals surface area (Å²) in [5.74, 6) is 0.945. The Bertz CT molecular complexity index is 380. The molecule has 0 aromatic heterocycles. The lowest BCUT2D eigenvalue weighted by Gasteiger charge is -2.08. The molecule has 0 radical (unpaired) electrons. The first-order valence-corrected chi connectivity index (χ1v) is 5.02. The molecule has 0 atom stereocenters. The molecule has 15 heavy (non-hydrogen) atoms. The largest absolute Gasteiger partial charge is 0.497 e. The molecule has 0 saturated heterocycles. The third-order valence-electron chi connectivity index (χ3n) is 2.68. The van der Waals surface area contributed by atoms with Gasteiger partial charge in [-0.05, 0) is 36.5 Å². The predicted octanol–water partition coefficient (Wildman–Crippen LogP) is 2.36. The van der Waals surface area contributed by atoms with E-state index in [0.717, 1.165) is 18.4 Å². The van der Waals surface area contributed by atoms with Crippen LogP contribution in [0.3, 0.4) is 0 Å². The first kappa shape index (κ1) is 10.0. The average molecular weight is 206 g/mol. The second kappa shape index (κ2) is 3.93. The van der Waals surface area contributed by atoms with E-state index in [1.807, 2.05) is 12.1 Å². The smallest absolute Gasteiger partial charge is 0.338 e. The fourth-order valence-electron chi connectivity index (χ4n) is 1.70. The average Bonchev–Trinajstić information content (AvgIpc) is 3.11. The zero-order valence-corrected chi connectivity index (χ0v) is 8.95. The molecule has 2 rings (SSSR count). The molecule has 0 unspecified atom stereocenters. The number of carbonyl (C=O) groups is 1. The standard InChI is InChI=1S/C12H14O3/c1-14-9-5-6-10(8-3-4-8)11(7-9)12(13)15-2/h5-8H,3-4H2,1-2H3. The van der Waals surface area contributed by atoms with Crippen molar-refractivity contribution < 1.29 is 14.3 Å². The fraction of sp³-hybridized carbons (Fsp3) is 0.417. The summed E-state index contributed by atoms with van der Waals surface area (Å²) < 4.78 is 9.86. The zero-order valence-electron chi connectivity index (χ0n) is 8.95. The lowest BCUT2D eigenvalue weighted by Crippen LogP contribution is -2.05. The molecule has 1 aliphatic carbocycles. The highest BCUT2D eigenvalue weighted by atomic mass is 16.5. The molecule has 1 aromatic rings. The van der Waals surface area contributed by atoms with E-state index < -0.39 is 0 Å². The molecular weight excluding hydrogens is 192 g/mol. The van der Waals surface area contributed by atoms with Crippen molar-refractivity contribution in [2.24, 2.45) is 0 Å². The molecule has 0 N–H and O–H groups in total. The molecule has 3 nitrogen and oxygen atoms in total. The Labute approximate surface area is 89.0 Å². The minimum atomic E-state index is -0.282. The van der Waals surface area contributed by atoms with Crippen molar-refractivity contribution in [2.45, 2.75) is 18.8 Å². The second-order valence-corrected chi connectivity index (χ2v) is 3.72. The van der Waals surface area contributed by atoms with Crippen LogP contribution in [-0.2, 0) is 4.74 Å². The van der Waals surface area contributed by atoms with Crippen LogP contribution in [0.5, 0.6) is 5.75 Å². The number of rotatable bonds is 3. The van der Waals surface area contributed by atoms with E-state index in [1.165, 1.54) is 7.11 Å². The van der Waals surface area contributed by atoms with E-state index >= 15 is 0 Å². The van der Waals surface area contributed by atoms with Crippen molar-refractivity contribution in [2.75, 3.05) is 14.2 Å². The van der Waals surface area contributed by atoms with Crippen LogP contribution in [0.25, 0.3) is 0 Å². The van der Waals surface area contributed by atoms with Crippen LogP contribution in [0.15, 0.2) is 18.2 Å². The van der Waals surface area contributed by atoms with Gasteiger partial charge in [0.1, 0.15) is 5.75 Å². The second-order valence-electron chi connectivity index (χ2n) is 3.72. The number of carbonyl (C=O) groups excluding carboxylic acids is 1. The van der Waals surface area contributed by atoms with Crippen molar-refractivity contribution >= 4 is 5.97 Å². The van der Waals surface area contributed by atoms with Crippen molar-refractivity contribution in [3.63, 3.8) is 0 Å². The quantitative estimate of drug-likeness (QED) is 0.712. The van der Waals surface area contributed by atoms with Crippen LogP contribution in [0.1, 0.15) is 34.7 Å². The van der Waals surface area contributed by atoms with E-state index in [9.17, 15) is 4.79 Å². The van der Waals surface area contributed by atoms with Gasteiger partial charge in [-0.2, -0.15) is 0 Å². The van der Waals surface area contributed by atoms with Crippen molar-refractivity contribution in [3.05, 3.63) is 29.3 Å². The molecule has 0 aliphatic heterocycles. The maximum atomic E-state index is 11.6. The first-order chi connectivity index (χ1) is 7.26. The minimum absolute atomic E-state index is 0.282. The monoisotopic (exact) mass is 206 g/mol. The molecule has 1 aliphatic rings. The van der Waals surface area contributed by atoms with E-state index in [2.05, 4.69) is 0 Å². The topological polar surface area (TPSA) is 35.5 Å². The van der Waals surface area contributed by atoms with Gasteiger partial charge in [0.25, 0.3) is 0 Å². The highest BCUT2D eigenvalue weighted by Gasteiger charge is 2.28. The first-order valence-electron chi connectivity index (χ1n) is 5.02. The maximum absolute atomic E-state index is 11.6. The third kappa shape index (κ3) is 1.96. The number of methoxy groups -OCH3 is 2. The van der Waals surface area contributed by atoms with Crippen LogP contribution < -0.4 is 4.74 Å². The molecule has 0 spiro atoms. The van der Waals surface area contributed by atoms with Gasteiger partial charge in [0.15, 0.2) is 0 Å². The Morgan fingerprint density at radius 1 is 1.33 bits per heavy atom. The van der Waals surface area contributed by atoms with Gasteiger partial charge in [-0.1, -0.05) is 6.07 Å². The summed E-state index contributed by atoms with van der Waals surface area (Å²) in [5, 5.41) is 0. The number of hydrogen-bond acceptors (Lipinski definition) is 3. The van der Waals surface area contributed by atoms with E-state index in [4.69, 9.17) is 9.47 Å². The summed E-state index contributed by atoms with van der Waals surface area (Å²) >= 11 is 0. The summed E-state index contributed by atoms with van der Waals surface area (Å²) in [4.78, 5) is 11.6. The Balaban J connectivity index is 2.40. The fourth-order valence-corrected chi connectivity index (χ4v) is 1.70. The minimum Gasteiger partial charge on any atom is -0.497 e. The van der Waals surface area contributed by atoms with Gasteiger partial charge in [-0.25, -0.2) is 4.79 Å². The molecule has 3 heteroatoms. The molecule has 0 heterocycles. The predicted molar refractivity (Wildman–Crippen MR) is 56.3 cm³/mol. The summed E-state index contributed by atoms with van der Waals surface area (Å²) in [6, 6.07) is 5.60. The summed E-state index contributed by atoms with van der Waals surface area (Å²) in [6.07, 6.45) is 2.33. The molecular formula is C12H14O3. The van der Waals surface area contributed by atoms with E-state index in [-0.39, 0.29) is 5.97 Å². The van der Waals surface area contributed by atoms with Gasteiger partial charge in [0, 0.05) is 0 Å². The summed E-state index contributed by atoms with van der Waals surface area (Å²) in [5.41, 5.74) is 1.72. The Hall–Kier alpha value is -1.51. The summed E-state index contributed by atoms with van der Waals surface area (Å²) in [7, 11) is 2.99. The van der Waals surface area contributed by atoms with Gasteiger partial charge >= 0.3 is 5.97 Å². The van der Waals surface area contributed by atoms with Crippen LogP contribution in [0, 0.1) is 0 Å². The molecule has 0 amide bonds. The Morgan fingerprint density at radius 3 is 2.60 bits per heavy atom. The van der Waals surface area contributed by atoms with Crippen molar-refractivity contribution in [1.82, 2.24) is 0 Å². The number of hydrogen-bond donors (Lipinski definition) is 0. The van der Waals surface area contributed by atoms with Crippen LogP contribution in [0.4, 0.5) is 0 Å².